The van der Waals surface area contributed by atoms with Crippen LogP contribution < -0.4 is 10.1 Å². The van der Waals surface area contributed by atoms with Gasteiger partial charge in [-0.3, -0.25) is 9.69 Å². The maximum absolute atomic E-state index is 12.3. The van der Waals surface area contributed by atoms with Gasteiger partial charge in [0.2, 0.25) is 0 Å². The number of carbonyl (C=O) groups excluding carboxylic acids is 1. The van der Waals surface area contributed by atoms with Gasteiger partial charge in [0.05, 0.1) is 0 Å². The van der Waals surface area contributed by atoms with Crippen molar-refractivity contribution in [2.75, 3.05) is 19.6 Å². The molecule has 1 atom stereocenters. The Morgan fingerprint density at radius 2 is 1.88 bits per heavy atom. The molecule has 1 amide bonds. The Hall–Kier alpha value is -2.33. The molecule has 4 nitrogen and oxygen atoms in total. The number of amides is 1. The van der Waals surface area contributed by atoms with Gasteiger partial charge >= 0.3 is 0 Å². The summed E-state index contributed by atoms with van der Waals surface area (Å²) in [5, 5.41) is 3.03. The van der Waals surface area contributed by atoms with E-state index in [2.05, 4.69) is 17.1 Å². The highest BCUT2D eigenvalue weighted by Crippen LogP contribution is 2.15. The molecule has 3 rings (SSSR count). The van der Waals surface area contributed by atoms with Gasteiger partial charge in [-0.05, 0) is 56.1 Å². The summed E-state index contributed by atoms with van der Waals surface area (Å²) in [6, 6.07) is 18.0. The Balaban J connectivity index is 1.43. The van der Waals surface area contributed by atoms with Gasteiger partial charge in [-0.15, -0.1) is 0 Å². The van der Waals surface area contributed by atoms with Crippen molar-refractivity contribution in [2.24, 2.45) is 0 Å². The number of benzene rings is 2. The molecule has 1 fully saturated rings. The number of nitrogens with one attached hydrogen (secondary N) is 1. The molecular formula is C22H28N2O2. The van der Waals surface area contributed by atoms with Crippen LogP contribution in [0.1, 0.15) is 42.1 Å². The van der Waals surface area contributed by atoms with Gasteiger partial charge in [-0.1, -0.05) is 36.8 Å². The van der Waals surface area contributed by atoms with E-state index in [0.29, 0.717) is 24.8 Å². The Morgan fingerprint density at radius 1 is 1.12 bits per heavy atom. The molecule has 0 saturated carbocycles. The third kappa shape index (κ3) is 5.33. The van der Waals surface area contributed by atoms with Gasteiger partial charge in [-0.2, -0.15) is 0 Å². The molecule has 1 heterocycles. The summed E-state index contributed by atoms with van der Waals surface area (Å²) in [6.45, 7) is 5.54. The average Bonchev–Trinajstić information content (AvgIpc) is 2.69. The largest absolute Gasteiger partial charge is 0.489 e. The van der Waals surface area contributed by atoms with Gasteiger partial charge < -0.3 is 10.1 Å². The number of nitrogens with zero attached hydrogens (tertiary/aromatic N) is 1. The number of carbonyl (C=O) groups is 1. The first-order valence-electron chi connectivity index (χ1n) is 9.51. The van der Waals surface area contributed by atoms with Crippen LogP contribution in [0.3, 0.4) is 0 Å². The Morgan fingerprint density at radius 3 is 2.62 bits per heavy atom. The zero-order valence-electron chi connectivity index (χ0n) is 15.5. The maximum atomic E-state index is 12.3. The molecule has 4 heteroatoms. The highest BCUT2D eigenvalue weighted by Gasteiger charge is 2.17. The van der Waals surface area contributed by atoms with Gasteiger partial charge in [0.15, 0.2) is 0 Å². The first-order valence-corrected chi connectivity index (χ1v) is 9.51. The molecule has 138 valence electrons. The molecule has 1 aliphatic heterocycles. The van der Waals surface area contributed by atoms with Crippen LogP contribution in [0.5, 0.6) is 5.75 Å². The van der Waals surface area contributed by atoms with E-state index in [1.807, 2.05) is 54.6 Å². The van der Waals surface area contributed by atoms with Crippen molar-refractivity contribution in [1.29, 1.82) is 0 Å². The maximum Gasteiger partial charge on any atom is 0.251 e. The van der Waals surface area contributed by atoms with E-state index in [1.165, 1.54) is 19.3 Å². The smallest absolute Gasteiger partial charge is 0.251 e. The molecule has 1 N–H and O–H groups in total. The lowest BCUT2D eigenvalue weighted by atomic mass is 10.0. The number of piperidine rings is 1. The van der Waals surface area contributed by atoms with Crippen molar-refractivity contribution in [3.63, 3.8) is 0 Å². The second kappa shape index (κ2) is 9.39. The van der Waals surface area contributed by atoms with E-state index in [1.54, 1.807) is 0 Å². The monoisotopic (exact) mass is 352 g/mol. The molecule has 1 saturated heterocycles. The normalized spacial score (nSPS) is 17.7. The predicted molar refractivity (Wildman–Crippen MR) is 104 cm³/mol. The number of rotatable bonds is 7. The fraction of sp³-hybridized carbons (Fsp3) is 0.409. The molecule has 0 bridgehead atoms. The van der Waals surface area contributed by atoms with Crippen molar-refractivity contribution in [1.82, 2.24) is 10.2 Å². The van der Waals surface area contributed by atoms with E-state index < -0.39 is 0 Å². The summed E-state index contributed by atoms with van der Waals surface area (Å²) in [5.74, 6) is 0.839. The van der Waals surface area contributed by atoms with Crippen LogP contribution in [0.4, 0.5) is 0 Å². The average molecular weight is 352 g/mol. The van der Waals surface area contributed by atoms with Crippen LogP contribution in [0, 0.1) is 0 Å². The molecular weight excluding hydrogens is 324 g/mol. The minimum Gasteiger partial charge on any atom is -0.489 e. The van der Waals surface area contributed by atoms with Crippen molar-refractivity contribution >= 4 is 5.91 Å². The third-order valence-electron chi connectivity index (χ3n) is 4.99. The first kappa shape index (κ1) is 18.5. The zero-order chi connectivity index (χ0) is 18.2. The summed E-state index contributed by atoms with van der Waals surface area (Å²) in [6.07, 6.45) is 3.86. The van der Waals surface area contributed by atoms with Crippen LogP contribution in [0.15, 0.2) is 54.6 Å². The quantitative estimate of drug-likeness (QED) is 0.822. The molecule has 2 aromatic rings. The van der Waals surface area contributed by atoms with Crippen LogP contribution in [-0.2, 0) is 6.61 Å². The molecule has 0 aliphatic carbocycles. The third-order valence-corrected chi connectivity index (χ3v) is 4.99. The van der Waals surface area contributed by atoms with Crippen molar-refractivity contribution < 1.29 is 9.53 Å². The fourth-order valence-corrected chi connectivity index (χ4v) is 3.34. The lowest BCUT2D eigenvalue weighted by molar-refractivity contribution is 0.0938. The molecule has 1 unspecified atom stereocenters. The highest BCUT2D eigenvalue weighted by molar-refractivity contribution is 5.94. The summed E-state index contributed by atoms with van der Waals surface area (Å²) in [4.78, 5) is 14.8. The number of para-hydroxylation sites is 1. The van der Waals surface area contributed by atoms with E-state index in [4.69, 9.17) is 4.74 Å². The summed E-state index contributed by atoms with van der Waals surface area (Å²) < 4.78 is 5.73. The minimum absolute atomic E-state index is 0.00908. The van der Waals surface area contributed by atoms with Crippen LogP contribution in [0.2, 0.25) is 0 Å². The zero-order valence-corrected chi connectivity index (χ0v) is 15.5. The first-order chi connectivity index (χ1) is 12.7. The molecule has 26 heavy (non-hydrogen) atoms. The predicted octanol–water partition coefficient (Wildman–Crippen LogP) is 3.87. The number of hydrogen-bond acceptors (Lipinski definition) is 3. The van der Waals surface area contributed by atoms with Gasteiger partial charge in [-0.25, -0.2) is 0 Å². The second-order valence-corrected chi connectivity index (χ2v) is 6.94. The lowest BCUT2D eigenvalue weighted by Gasteiger charge is -2.33. The molecule has 1 aliphatic rings. The van der Waals surface area contributed by atoms with Gasteiger partial charge in [0.25, 0.3) is 5.91 Å². The summed E-state index contributed by atoms with van der Waals surface area (Å²) in [7, 11) is 0. The van der Waals surface area contributed by atoms with Crippen LogP contribution in [0.25, 0.3) is 0 Å². The van der Waals surface area contributed by atoms with Gasteiger partial charge in [0, 0.05) is 24.7 Å². The van der Waals surface area contributed by atoms with Crippen molar-refractivity contribution in [2.45, 2.75) is 38.8 Å². The molecule has 2 aromatic carbocycles. The Bertz CT molecular complexity index is 685. The molecule has 0 aromatic heterocycles. The lowest BCUT2D eigenvalue weighted by Crippen LogP contribution is -2.42. The number of likely N-dealkylation sites (tertiary alicyclic amines) is 1. The van der Waals surface area contributed by atoms with E-state index in [-0.39, 0.29) is 5.91 Å². The number of ether oxygens (including phenoxy) is 1. The molecule has 0 radical (unpaired) electrons. The Labute approximate surface area is 156 Å². The highest BCUT2D eigenvalue weighted by atomic mass is 16.5. The van der Waals surface area contributed by atoms with Crippen LogP contribution in [-0.4, -0.2) is 36.5 Å². The van der Waals surface area contributed by atoms with Crippen LogP contribution >= 0.6 is 0 Å². The van der Waals surface area contributed by atoms with Gasteiger partial charge in [0.1, 0.15) is 12.4 Å². The van der Waals surface area contributed by atoms with E-state index in [0.717, 1.165) is 24.4 Å². The summed E-state index contributed by atoms with van der Waals surface area (Å²) >= 11 is 0. The Kier molecular flexibility index (Phi) is 6.67. The van der Waals surface area contributed by atoms with Crippen molar-refractivity contribution in [3.8, 4) is 5.75 Å². The second-order valence-electron chi connectivity index (χ2n) is 6.94. The van der Waals surface area contributed by atoms with E-state index >= 15 is 0 Å². The number of hydrogen-bond donors (Lipinski definition) is 1. The van der Waals surface area contributed by atoms with E-state index in [9.17, 15) is 4.79 Å². The fourth-order valence-electron chi connectivity index (χ4n) is 3.34. The SMILES string of the molecule is CC1CCCCN1CCNC(=O)c1ccc(COc2ccccc2)cc1. The van der Waals surface area contributed by atoms with Crippen molar-refractivity contribution in [3.05, 3.63) is 65.7 Å². The molecule has 0 spiro atoms. The minimum atomic E-state index is -0.00908. The standard InChI is InChI=1S/C22H28N2O2/c1-18-7-5-6-15-24(18)16-14-23-22(25)20-12-10-19(11-13-20)17-26-21-8-3-2-4-9-21/h2-4,8-13,18H,5-7,14-17H2,1H3,(H,23,25). The summed E-state index contributed by atoms with van der Waals surface area (Å²) in [5.41, 5.74) is 1.74. The topological polar surface area (TPSA) is 41.6 Å².